The molecule has 1 aromatic carbocycles. The minimum Gasteiger partial charge on any atom is -0.385 e. The van der Waals surface area contributed by atoms with Crippen LogP contribution in [0.5, 0.6) is 0 Å². The average Bonchev–Trinajstić information content (AvgIpc) is 2.21. The Morgan fingerprint density at radius 3 is 2.29 bits per heavy atom. The molecule has 1 aromatic rings. The summed E-state index contributed by atoms with van der Waals surface area (Å²) in [5.41, 5.74) is 2.53. The molecule has 0 unspecified atom stereocenters. The summed E-state index contributed by atoms with van der Waals surface area (Å²) in [6.45, 7) is 4.27. The summed E-state index contributed by atoms with van der Waals surface area (Å²) >= 11 is 0. The zero-order valence-electron chi connectivity index (χ0n) is 9.14. The van der Waals surface area contributed by atoms with Gasteiger partial charge in [-0.2, -0.15) is 0 Å². The number of rotatable bonds is 6. The van der Waals surface area contributed by atoms with Crippen molar-refractivity contribution in [2.75, 3.05) is 25.5 Å². The lowest BCUT2D eigenvalue weighted by molar-refractivity contribution is 0.694. The summed E-state index contributed by atoms with van der Waals surface area (Å²) in [5, 5.41) is 6.55. The molecule has 2 N–H and O–H groups in total. The Morgan fingerprint density at radius 2 is 1.64 bits per heavy atom. The van der Waals surface area contributed by atoms with Crippen LogP contribution in [0.25, 0.3) is 0 Å². The standard InChI is InChI=1S/C12H20N2/c1-11-5-7-12(8-6-11)14-10-4-3-9-13-2/h5-8,13-14H,3-4,9-10H2,1-2H3. The first kappa shape index (κ1) is 11.1. The molecule has 1 rings (SSSR count). The van der Waals surface area contributed by atoms with E-state index in [0.717, 1.165) is 13.1 Å². The van der Waals surface area contributed by atoms with Crippen LogP contribution in [0.1, 0.15) is 18.4 Å². The SMILES string of the molecule is CNCCCCNc1ccc(C)cc1. The van der Waals surface area contributed by atoms with Gasteiger partial charge in [-0.25, -0.2) is 0 Å². The summed E-state index contributed by atoms with van der Waals surface area (Å²) in [6, 6.07) is 8.53. The van der Waals surface area contributed by atoms with E-state index in [1.54, 1.807) is 0 Å². The molecule has 0 saturated heterocycles. The maximum atomic E-state index is 3.40. The fourth-order valence-corrected chi connectivity index (χ4v) is 1.33. The highest BCUT2D eigenvalue weighted by atomic mass is 14.9. The molecular formula is C12H20N2. The monoisotopic (exact) mass is 192 g/mol. The molecule has 2 heteroatoms. The van der Waals surface area contributed by atoms with Crippen LogP contribution in [-0.4, -0.2) is 20.1 Å². The molecule has 0 aliphatic rings. The van der Waals surface area contributed by atoms with E-state index in [-0.39, 0.29) is 0 Å². The molecular weight excluding hydrogens is 172 g/mol. The second-order valence-corrected chi connectivity index (χ2v) is 3.60. The summed E-state index contributed by atoms with van der Waals surface area (Å²) < 4.78 is 0. The van der Waals surface area contributed by atoms with Gasteiger partial charge in [0.15, 0.2) is 0 Å². The third kappa shape index (κ3) is 4.28. The van der Waals surface area contributed by atoms with Crippen molar-refractivity contribution in [3.8, 4) is 0 Å². The van der Waals surface area contributed by atoms with Crippen molar-refractivity contribution in [1.82, 2.24) is 5.32 Å². The highest BCUT2D eigenvalue weighted by Crippen LogP contribution is 2.08. The number of hydrogen-bond donors (Lipinski definition) is 2. The smallest absolute Gasteiger partial charge is 0.0340 e. The van der Waals surface area contributed by atoms with Gasteiger partial charge in [0, 0.05) is 12.2 Å². The Labute approximate surface area is 86.7 Å². The van der Waals surface area contributed by atoms with Crippen molar-refractivity contribution in [3.63, 3.8) is 0 Å². The zero-order valence-corrected chi connectivity index (χ0v) is 9.14. The Bertz CT molecular complexity index is 241. The van der Waals surface area contributed by atoms with Crippen LogP contribution in [0.2, 0.25) is 0 Å². The Hall–Kier alpha value is -1.02. The normalized spacial score (nSPS) is 10.1. The molecule has 0 bridgehead atoms. The number of benzene rings is 1. The van der Waals surface area contributed by atoms with Crippen molar-refractivity contribution in [2.45, 2.75) is 19.8 Å². The van der Waals surface area contributed by atoms with Gasteiger partial charge in [-0.3, -0.25) is 0 Å². The van der Waals surface area contributed by atoms with Gasteiger partial charge in [0.1, 0.15) is 0 Å². The average molecular weight is 192 g/mol. The molecule has 0 saturated carbocycles. The Kier molecular flexibility index (Phi) is 5.08. The van der Waals surface area contributed by atoms with Crippen molar-refractivity contribution in [3.05, 3.63) is 29.8 Å². The summed E-state index contributed by atoms with van der Waals surface area (Å²) in [7, 11) is 1.99. The van der Waals surface area contributed by atoms with Gasteiger partial charge in [0.2, 0.25) is 0 Å². The summed E-state index contributed by atoms with van der Waals surface area (Å²) in [5.74, 6) is 0. The Morgan fingerprint density at radius 1 is 1.00 bits per heavy atom. The van der Waals surface area contributed by atoms with E-state index >= 15 is 0 Å². The Balaban J connectivity index is 2.15. The number of nitrogens with one attached hydrogen (secondary N) is 2. The largest absolute Gasteiger partial charge is 0.385 e. The maximum Gasteiger partial charge on any atom is 0.0340 e. The van der Waals surface area contributed by atoms with Crippen LogP contribution in [0.15, 0.2) is 24.3 Å². The molecule has 0 spiro atoms. The minimum absolute atomic E-state index is 1.06. The first-order valence-corrected chi connectivity index (χ1v) is 5.28. The lowest BCUT2D eigenvalue weighted by Gasteiger charge is -2.06. The quantitative estimate of drug-likeness (QED) is 0.676. The molecule has 78 valence electrons. The van der Waals surface area contributed by atoms with Crippen LogP contribution in [0.4, 0.5) is 5.69 Å². The third-order valence-corrected chi connectivity index (χ3v) is 2.23. The maximum absolute atomic E-state index is 3.40. The van der Waals surface area contributed by atoms with Crippen LogP contribution in [-0.2, 0) is 0 Å². The van der Waals surface area contributed by atoms with Crippen molar-refractivity contribution >= 4 is 5.69 Å². The molecule has 0 radical (unpaired) electrons. The first-order valence-electron chi connectivity index (χ1n) is 5.28. The fraction of sp³-hybridized carbons (Fsp3) is 0.500. The number of aryl methyl sites for hydroxylation is 1. The molecule has 0 amide bonds. The van der Waals surface area contributed by atoms with E-state index in [9.17, 15) is 0 Å². The van der Waals surface area contributed by atoms with Gasteiger partial charge in [-0.05, 0) is 45.5 Å². The van der Waals surface area contributed by atoms with Crippen LogP contribution in [0.3, 0.4) is 0 Å². The number of unbranched alkanes of at least 4 members (excludes halogenated alkanes) is 1. The summed E-state index contributed by atoms with van der Waals surface area (Å²) in [6.07, 6.45) is 2.45. The van der Waals surface area contributed by atoms with Gasteiger partial charge in [-0.1, -0.05) is 17.7 Å². The van der Waals surface area contributed by atoms with Crippen LogP contribution in [0, 0.1) is 6.92 Å². The van der Waals surface area contributed by atoms with Crippen molar-refractivity contribution in [2.24, 2.45) is 0 Å². The van der Waals surface area contributed by atoms with E-state index in [0.29, 0.717) is 0 Å². The lowest BCUT2D eigenvalue weighted by atomic mass is 10.2. The molecule has 0 atom stereocenters. The second kappa shape index (κ2) is 6.44. The molecule has 0 aliphatic heterocycles. The molecule has 14 heavy (non-hydrogen) atoms. The number of anilines is 1. The van der Waals surface area contributed by atoms with E-state index < -0.39 is 0 Å². The highest BCUT2D eigenvalue weighted by molar-refractivity contribution is 5.44. The zero-order chi connectivity index (χ0) is 10.2. The molecule has 2 nitrogen and oxygen atoms in total. The fourth-order valence-electron chi connectivity index (χ4n) is 1.33. The predicted molar refractivity (Wildman–Crippen MR) is 62.8 cm³/mol. The third-order valence-electron chi connectivity index (χ3n) is 2.23. The molecule has 0 fully saturated rings. The molecule has 0 aromatic heterocycles. The van der Waals surface area contributed by atoms with E-state index in [4.69, 9.17) is 0 Å². The lowest BCUT2D eigenvalue weighted by Crippen LogP contribution is -2.10. The topological polar surface area (TPSA) is 24.1 Å². The predicted octanol–water partition coefficient (Wildman–Crippen LogP) is 2.41. The second-order valence-electron chi connectivity index (χ2n) is 3.60. The van der Waals surface area contributed by atoms with Gasteiger partial charge < -0.3 is 10.6 Å². The highest BCUT2D eigenvalue weighted by Gasteiger charge is 1.90. The van der Waals surface area contributed by atoms with Gasteiger partial charge in [0.05, 0.1) is 0 Å². The van der Waals surface area contributed by atoms with Crippen LogP contribution >= 0.6 is 0 Å². The number of hydrogen-bond acceptors (Lipinski definition) is 2. The van der Waals surface area contributed by atoms with Crippen LogP contribution < -0.4 is 10.6 Å². The van der Waals surface area contributed by atoms with Gasteiger partial charge in [-0.15, -0.1) is 0 Å². The van der Waals surface area contributed by atoms with Gasteiger partial charge >= 0.3 is 0 Å². The van der Waals surface area contributed by atoms with E-state index in [1.165, 1.54) is 24.1 Å². The van der Waals surface area contributed by atoms with Crippen molar-refractivity contribution < 1.29 is 0 Å². The van der Waals surface area contributed by atoms with Crippen molar-refractivity contribution in [1.29, 1.82) is 0 Å². The minimum atomic E-state index is 1.06. The first-order chi connectivity index (χ1) is 6.83. The van der Waals surface area contributed by atoms with Gasteiger partial charge in [0.25, 0.3) is 0 Å². The molecule has 0 aliphatic carbocycles. The molecule has 0 heterocycles. The van der Waals surface area contributed by atoms with E-state index in [2.05, 4.69) is 41.8 Å². The van der Waals surface area contributed by atoms with E-state index in [1.807, 2.05) is 7.05 Å². The summed E-state index contributed by atoms with van der Waals surface area (Å²) in [4.78, 5) is 0.